The monoisotopic (exact) mass is 486 g/mol. The molecular formula is C17H16BrIN2O2. The zero-order chi connectivity index (χ0) is 17.0. The molecule has 0 aliphatic carbocycles. The highest BCUT2D eigenvalue weighted by molar-refractivity contribution is 14.1. The Hall–Kier alpha value is -1.41. The summed E-state index contributed by atoms with van der Waals surface area (Å²) in [7, 11) is 0. The molecule has 0 aliphatic heterocycles. The standard InChI is InChI=1S/C17H16BrIN2O2/c1-10-4-3-5-11(2)16(10)21-15(22)9-20-17(23)13-8-12(18)6-7-14(13)19/h3-8H,9H2,1-2H3,(H,20,23)(H,21,22). The first-order valence-electron chi connectivity index (χ1n) is 6.98. The van der Waals surface area contributed by atoms with Crippen LogP contribution < -0.4 is 10.6 Å². The first kappa shape index (κ1) is 17.9. The Morgan fingerprint density at radius 2 is 1.78 bits per heavy atom. The smallest absolute Gasteiger partial charge is 0.252 e. The Balaban J connectivity index is 1.99. The number of aryl methyl sites for hydroxylation is 2. The molecule has 23 heavy (non-hydrogen) atoms. The highest BCUT2D eigenvalue weighted by atomic mass is 127. The lowest BCUT2D eigenvalue weighted by Gasteiger charge is -2.12. The van der Waals surface area contributed by atoms with Gasteiger partial charge in [-0.2, -0.15) is 0 Å². The number of hydrogen-bond acceptors (Lipinski definition) is 2. The van der Waals surface area contributed by atoms with Crippen molar-refractivity contribution in [2.24, 2.45) is 0 Å². The molecule has 2 aromatic rings. The quantitative estimate of drug-likeness (QED) is 0.641. The summed E-state index contributed by atoms with van der Waals surface area (Å²) in [6.07, 6.45) is 0. The van der Waals surface area contributed by atoms with E-state index in [2.05, 4.69) is 49.2 Å². The number of anilines is 1. The van der Waals surface area contributed by atoms with Gasteiger partial charge in [0, 0.05) is 13.7 Å². The number of carbonyl (C=O) groups is 2. The van der Waals surface area contributed by atoms with Crippen molar-refractivity contribution in [2.75, 3.05) is 11.9 Å². The van der Waals surface area contributed by atoms with E-state index >= 15 is 0 Å². The van der Waals surface area contributed by atoms with Crippen LogP contribution in [0.25, 0.3) is 0 Å². The van der Waals surface area contributed by atoms with Crippen molar-refractivity contribution in [1.29, 1.82) is 0 Å². The van der Waals surface area contributed by atoms with Crippen LogP contribution in [0.5, 0.6) is 0 Å². The molecule has 0 fully saturated rings. The average molecular weight is 487 g/mol. The topological polar surface area (TPSA) is 58.2 Å². The Morgan fingerprint density at radius 1 is 1.13 bits per heavy atom. The SMILES string of the molecule is Cc1cccc(C)c1NC(=O)CNC(=O)c1cc(Br)ccc1I. The van der Waals surface area contributed by atoms with Gasteiger partial charge in [0.1, 0.15) is 0 Å². The number of nitrogens with one attached hydrogen (secondary N) is 2. The van der Waals surface area contributed by atoms with Crippen molar-refractivity contribution in [3.8, 4) is 0 Å². The maximum atomic E-state index is 12.2. The van der Waals surface area contributed by atoms with Crippen molar-refractivity contribution in [3.05, 3.63) is 61.1 Å². The molecule has 0 unspecified atom stereocenters. The highest BCUT2D eigenvalue weighted by Crippen LogP contribution is 2.20. The van der Waals surface area contributed by atoms with Crippen LogP contribution in [0.3, 0.4) is 0 Å². The lowest BCUT2D eigenvalue weighted by atomic mass is 10.1. The van der Waals surface area contributed by atoms with Gasteiger partial charge < -0.3 is 10.6 Å². The van der Waals surface area contributed by atoms with Gasteiger partial charge in [0.2, 0.25) is 5.91 Å². The Kier molecular flexibility index (Phi) is 6.17. The second-order valence-electron chi connectivity index (χ2n) is 5.12. The van der Waals surface area contributed by atoms with Gasteiger partial charge in [0.15, 0.2) is 0 Å². The van der Waals surface area contributed by atoms with Crippen LogP contribution >= 0.6 is 38.5 Å². The van der Waals surface area contributed by atoms with Crippen LogP contribution in [0.1, 0.15) is 21.5 Å². The Bertz CT molecular complexity index is 742. The molecule has 2 N–H and O–H groups in total. The molecule has 0 saturated carbocycles. The van der Waals surface area contributed by atoms with E-state index < -0.39 is 0 Å². The van der Waals surface area contributed by atoms with Crippen LogP contribution in [0.4, 0.5) is 5.69 Å². The highest BCUT2D eigenvalue weighted by Gasteiger charge is 2.13. The normalized spacial score (nSPS) is 10.3. The second-order valence-corrected chi connectivity index (χ2v) is 7.20. The van der Waals surface area contributed by atoms with Crippen molar-refractivity contribution in [2.45, 2.75) is 13.8 Å². The van der Waals surface area contributed by atoms with E-state index in [1.165, 1.54) is 0 Å². The van der Waals surface area contributed by atoms with E-state index in [9.17, 15) is 9.59 Å². The molecular weight excluding hydrogens is 471 g/mol. The fourth-order valence-corrected chi connectivity index (χ4v) is 3.06. The maximum absolute atomic E-state index is 12.2. The Labute approximate surface area is 157 Å². The summed E-state index contributed by atoms with van der Waals surface area (Å²) >= 11 is 5.44. The summed E-state index contributed by atoms with van der Waals surface area (Å²) in [5.41, 5.74) is 3.32. The lowest BCUT2D eigenvalue weighted by Crippen LogP contribution is -2.33. The number of para-hydroxylation sites is 1. The number of carbonyl (C=O) groups excluding carboxylic acids is 2. The molecule has 6 heteroatoms. The third-order valence-electron chi connectivity index (χ3n) is 3.33. The third kappa shape index (κ3) is 4.78. The number of halogens is 2. The van der Waals surface area contributed by atoms with Crippen molar-refractivity contribution in [3.63, 3.8) is 0 Å². The first-order chi connectivity index (χ1) is 10.9. The molecule has 2 aromatic carbocycles. The first-order valence-corrected chi connectivity index (χ1v) is 8.85. The largest absolute Gasteiger partial charge is 0.343 e. The molecule has 2 amide bonds. The Morgan fingerprint density at radius 3 is 2.43 bits per heavy atom. The minimum Gasteiger partial charge on any atom is -0.343 e. The number of hydrogen-bond donors (Lipinski definition) is 2. The van der Waals surface area contributed by atoms with Gasteiger partial charge in [-0.25, -0.2) is 0 Å². The summed E-state index contributed by atoms with van der Waals surface area (Å²) in [6.45, 7) is 3.80. The predicted octanol–water partition coefficient (Wildman–Crippen LogP) is 4.04. The molecule has 0 radical (unpaired) electrons. The zero-order valence-electron chi connectivity index (χ0n) is 12.7. The van der Waals surface area contributed by atoms with Crippen LogP contribution in [0.2, 0.25) is 0 Å². The van der Waals surface area contributed by atoms with Gasteiger partial charge in [-0.1, -0.05) is 34.1 Å². The van der Waals surface area contributed by atoms with Crippen LogP contribution in [0, 0.1) is 17.4 Å². The minimum atomic E-state index is -0.271. The summed E-state index contributed by atoms with van der Waals surface area (Å²) in [5, 5.41) is 5.50. The summed E-state index contributed by atoms with van der Waals surface area (Å²) < 4.78 is 1.65. The van der Waals surface area contributed by atoms with Gasteiger partial charge >= 0.3 is 0 Å². The molecule has 0 atom stereocenters. The van der Waals surface area contributed by atoms with Gasteiger partial charge in [0.05, 0.1) is 12.1 Å². The molecule has 4 nitrogen and oxygen atoms in total. The van der Waals surface area contributed by atoms with Gasteiger partial charge in [-0.05, 0) is 65.8 Å². The van der Waals surface area contributed by atoms with E-state index in [0.29, 0.717) is 5.56 Å². The predicted molar refractivity (Wildman–Crippen MR) is 104 cm³/mol. The molecule has 0 saturated heterocycles. The molecule has 120 valence electrons. The molecule has 2 rings (SSSR count). The second kappa shape index (κ2) is 7.92. The van der Waals surface area contributed by atoms with Gasteiger partial charge in [-0.15, -0.1) is 0 Å². The number of rotatable bonds is 4. The molecule has 0 bridgehead atoms. The molecule has 0 aliphatic rings. The summed E-state index contributed by atoms with van der Waals surface area (Å²) in [4.78, 5) is 24.3. The van der Waals surface area contributed by atoms with E-state index in [0.717, 1.165) is 24.9 Å². The van der Waals surface area contributed by atoms with E-state index in [4.69, 9.17) is 0 Å². The van der Waals surface area contributed by atoms with E-state index in [1.54, 1.807) is 6.07 Å². The average Bonchev–Trinajstić information content (AvgIpc) is 2.51. The van der Waals surface area contributed by atoms with Crippen molar-refractivity contribution in [1.82, 2.24) is 5.32 Å². The number of benzene rings is 2. The fraction of sp³-hybridized carbons (Fsp3) is 0.176. The van der Waals surface area contributed by atoms with E-state index in [-0.39, 0.29) is 18.4 Å². The van der Waals surface area contributed by atoms with Crippen LogP contribution in [-0.4, -0.2) is 18.4 Å². The fourth-order valence-electron chi connectivity index (χ4n) is 2.12. The minimum absolute atomic E-state index is 0.0742. The summed E-state index contributed by atoms with van der Waals surface area (Å²) in [6, 6.07) is 11.3. The molecule has 0 aromatic heterocycles. The van der Waals surface area contributed by atoms with Gasteiger partial charge in [0.25, 0.3) is 5.91 Å². The van der Waals surface area contributed by atoms with Crippen LogP contribution in [-0.2, 0) is 4.79 Å². The van der Waals surface area contributed by atoms with Gasteiger partial charge in [-0.3, -0.25) is 9.59 Å². The van der Waals surface area contributed by atoms with E-state index in [1.807, 2.05) is 44.2 Å². The van der Waals surface area contributed by atoms with Crippen LogP contribution in [0.15, 0.2) is 40.9 Å². The molecule has 0 spiro atoms. The number of amides is 2. The third-order valence-corrected chi connectivity index (χ3v) is 4.76. The van der Waals surface area contributed by atoms with Crippen molar-refractivity contribution < 1.29 is 9.59 Å². The lowest BCUT2D eigenvalue weighted by molar-refractivity contribution is -0.115. The zero-order valence-corrected chi connectivity index (χ0v) is 16.5. The molecule has 0 heterocycles. The maximum Gasteiger partial charge on any atom is 0.252 e. The van der Waals surface area contributed by atoms with Crippen molar-refractivity contribution >= 4 is 56.0 Å². The summed E-state index contributed by atoms with van der Waals surface area (Å²) in [5.74, 6) is -0.520.